The molecule has 0 aliphatic heterocycles. The van der Waals surface area contributed by atoms with Gasteiger partial charge in [-0.05, 0) is 67.4 Å². The number of aryl methyl sites for hydroxylation is 2. The van der Waals surface area contributed by atoms with Crippen LogP contribution < -0.4 is 0 Å². The van der Waals surface area contributed by atoms with E-state index in [0.717, 1.165) is 28.7 Å². The summed E-state index contributed by atoms with van der Waals surface area (Å²) in [6.07, 6.45) is 2.29. The zero-order valence-electron chi connectivity index (χ0n) is 15.3. The van der Waals surface area contributed by atoms with Crippen molar-refractivity contribution in [2.24, 2.45) is 0 Å². The van der Waals surface area contributed by atoms with Gasteiger partial charge in [-0.25, -0.2) is 0 Å². The molecule has 26 heavy (non-hydrogen) atoms. The van der Waals surface area contributed by atoms with Crippen LogP contribution in [0.25, 0.3) is 0 Å². The predicted octanol–water partition coefficient (Wildman–Crippen LogP) is 5.75. The lowest BCUT2D eigenvalue weighted by molar-refractivity contribution is 0.922. The van der Waals surface area contributed by atoms with Gasteiger partial charge in [0.05, 0.1) is 0 Å². The minimum atomic E-state index is 1.00. The van der Waals surface area contributed by atoms with Crippen molar-refractivity contribution in [2.45, 2.75) is 26.7 Å². The molecule has 0 aromatic heterocycles. The summed E-state index contributed by atoms with van der Waals surface area (Å²) in [4.78, 5) is 0. The largest absolute Gasteiger partial charge is 0.0651 e. The molecule has 0 unspecified atom stereocenters. The average molecular weight is 334 g/mol. The summed E-state index contributed by atoms with van der Waals surface area (Å²) in [7, 11) is 0. The third kappa shape index (κ3) is 5.14. The molecule has 0 nitrogen and oxygen atoms in total. The van der Waals surface area contributed by atoms with E-state index < -0.39 is 0 Å². The maximum Gasteiger partial charge on any atom is 0.0249 e. The number of hydrogen-bond acceptors (Lipinski definition) is 0. The number of rotatable bonds is 2. The molecule has 0 atom stereocenters. The van der Waals surface area contributed by atoms with Gasteiger partial charge in [0.2, 0.25) is 0 Å². The molecule has 3 aromatic rings. The monoisotopic (exact) mass is 334 g/mol. The lowest BCUT2D eigenvalue weighted by atomic mass is 10.1. The predicted molar refractivity (Wildman–Crippen MR) is 110 cm³/mol. The Bertz CT molecular complexity index is 965. The zero-order valence-corrected chi connectivity index (χ0v) is 15.3. The molecule has 0 heterocycles. The van der Waals surface area contributed by atoms with Crippen molar-refractivity contribution >= 4 is 0 Å². The van der Waals surface area contributed by atoms with Crippen LogP contribution in [-0.2, 0) is 6.42 Å². The molecular formula is C26H22. The Hall–Kier alpha value is -3.22. The van der Waals surface area contributed by atoms with E-state index in [0.29, 0.717) is 0 Å². The van der Waals surface area contributed by atoms with Crippen molar-refractivity contribution in [3.8, 4) is 23.7 Å². The van der Waals surface area contributed by atoms with E-state index in [-0.39, 0.29) is 0 Å². The van der Waals surface area contributed by atoms with Gasteiger partial charge in [0, 0.05) is 22.3 Å². The van der Waals surface area contributed by atoms with Crippen LogP contribution in [-0.4, -0.2) is 0 Å². The molecule has 0 fully saturated rings. The van der Waals surface area contributed by atoms with Crippen LogP contribution in [0.15, 0.2) is 72.8 Å². The van der Waals surface area contributed by atoms with Crippen LogP contribution in [0, 0.1) is 30.6 Å². The highest BCUT2D eigenvalue weighted by Crippen LogP contribution is 2.07. The van der Waals surface area contributed by atoms with Gasteiger partial charge in [-0.2, -0.15) is 0 Å². The van der Waals surface area contributed by atoms with Gasteiger partial charge in [-0.15, -0.1) is 0 Å². The van der Waals surface area contributed by atoms with Gasteiger partial charge >= 0.3 is 0 Å². The lowest BCUT2D eigenvalue weighted by Gasteiger charge is -1.97. The Morgan fingerprint density at radius 1 is 0.538 bits per heavy atom. The highest BCUT2D eigenvalue weighted by Gasteiger charge is 1.92. The topological polar surface area (TPSA) is 0 Å². The third-order valence-corrected chi connectivity index (χ3v) is 4.13. The van der Waals surface area contributed by atoms with E-state index in [1.807, 2.05) is 36.4 Å². The number of hydrogen-bond donors (Lipinski definition) is 0. The Balaban J connectivity index is 1.68. The van der Waals surface area contributed by atoms with Gasteiger partial charge in [0.15, 0.2) is 0 Å². The van der Waals surface area contributed by atoms with E-state index in [9.17, 15) is 0 Å². The van der Waals surface area contributed by atoms with Crippen LogP contribution in [0.4, 0.5) is 0 Å². The molecule has 0 spiro atoms. The van der Waals surface area contributed by atoms with Crippen LogP contribution in [0.1, 0.15) is 46.7 Å². The molecule has 0 N–H and O–H groups in total. The van der Waals surface area contributed by atoms with Gasteiger partial charge in [0.1, 0.15) is 0 Å². The molecule has 0 saturated heterocycles. The van der Waals surface area contributed by atoms with E-state index in [1.54, 1.807) is 0 Å². The Morgan fingerprint density at radius 3 is 1.27 bits per heavy atom. The minimum Gasteiger partial charge on any atom is -0.0651 e. The first-order valence-corrected chi connectivity index (χ1v) is 9.02. The van der Waals surface area contributed by atoms with E-state index in [1.165, 1.54) is 17.5 Å². The van der Waals surface area contributed by atoms with Crippen molar-refractivity contribution in [1.82, 2.24) is 0 Å². The molecule has 0 amide bonds. The van der Waals surface area contributed by atoms with Crippen molar-refractivity contribution < 1.29 is 0 Å². The Kier molecular flexibility index (Phi) is 5.92. The molecule has 0 radical (unpaired) electrons. The lowest BCUT2D eigenvalue weighted by Crippen LogP contribution is -1.83. The van der Waals surface area contributed by atoms with Gasteiger partial charge in [-0.1, -0.05) is 66.9 Å². The molecule has 0 aliphatic rings. The molecule has 3 rings (SSSR count). The smallest absolute Gasteiger partial charge is 0.0249 e. The summed E-state index contributed by atoms with van der Waals surface area (Å²) < 4.78 is 0. The molecule has 0 heteroatoms. The summed E-state index contributed by atoms with van der Waals surface area (Å²) in [5, 5.41) is 0. The first kappa shape index (κ1) is 17.6. The van der Waals surface area contributed by atoms with E-state index in [4.69, 9.17) is 0 Å². The summed E-state index contributed by atoms with van der Waals surface area (Å²) in [6.45, 7) is 4.28. The number of benzene rings is 3. The molecule has 0 aliphatic carbocycles. The first-order valence-electron chi connectivity index (χ1n) is 9.02. The standard InChI is InChI=1S/C26H22/c1-3-4-22-9-11-24(12-10-22)15-16-26-19-17-25(18-20-26)14-13-23-7-5-21(2)6-8-23/h5-12,17-20H,3-4H2,1-2H3. The molecular weight excluding hydrogens is 312 g/mol. The van der Waals surface area contributed by atoms with E-state index >= 15 is 0 Å². The molecule has 0 bridgehead atoms. The van der Waals surface area contributed by atoms with Crippen LogP contribution in [0.5, 0.6) is 0 Å². The highest BCUT2D eigenvalue weighted by atomic mass is 14.0. The fourth-order valence-corrected chi connectivity index (χ4v) is 2.61. The zero-order chi connectivity index (χ0) is 18.2. The SMILES string of the molecule is CCCc1ccc(C#Cc2ccc(C#Cc3ccc(C)cc3)cc2)cc1. The van der Waals surface area contributed by atoms with Gasteiger partial charge in [0.25, 0.3) is 0 Å². The molecule has 3 aromatic carbocycles. The summed E-state index contributed by atoms with van der Waals surface area (Å²) in [6, 6.07) is 24.9. The average Bonchev–Trinajstić information content (AvgIpc) is 2.68. The maximum atomic E-state index is 3.23. The second-order valence-corrected chi connectivity index (χ2v) is 6.39. The van der Waals surface area contributed by atoms with Crippen molar-refractivity contribution in [3.63, 3.8) is 0 Å². The van der Waals surface area contributed by atoms with Crippen molar-refractivity contribution in [2.75, 3.05) is 0 Å². The van der Waals surface area contributed by atoms with Crippen LogP contribution >= 0.6 is 0 Å². The highest BCUT2D eigenvalue weighted by molar-refractivity contribution is 5.48. The van der Waals surface area contributed by atoms with Gasteiger partial charge < -0.3 is 0 Å². The minimum absolute atomic E-state index is 1.00. The van der Waals surface area contributed by atoms with E-state index in [2.05, 4.69) is 73.9 Å². The van der Waals surface area contributed by atoms with Crippen LogP contribution in [0.2, 0.25) is 0 Å². The van der Waals surface area contributed by atoms with Crippen LogP contribution in [0.3, 0.4) is 0 Å². The first-order chi connectivity index (χ1) is 12.7. The summed E-state index contributed by atoms with van der Waals surface area (Å²) in [5.74, 6) is 12.8. The molecule has 0 saturated carbocycles. The van der Waals surface area contributed by atoms with Crippen molar-refractivity contribution in [3.05, 3.63) is 106 Å². The third-order valence-electron chi connectivity index (χ3n) is 4.13. The van der Waals surface area contributed by atoms with Crippen molar-refractivity contribution in [1.29, 1.82) is 0 Å². The second kappa shape index (κ2) is 8.75. The fraction of sp³-hybridized carbons (Fsp3) is 0.154. The summed E-state index contributed by atoms with van der Waals surface area (Å²) >= 11 is 0. The fourth-order valence-electron chi connectivity index (χ4n) is 2.61. The van der Waals surface area contributed by atoms with Gasteiger partial charge in [-0.3, -0.25) is 0 Å². The quantitative estimate of drug-likeness (QED) is 0.524. The second-order valence-electron chi connectivity index (χ2n) is 6.39. The Labute approximate surface area is 156 Å². The molecule has 126 valence electrons. The maximum absolute atomic E-state index is 3.23. The summed E-state index contributed by atoms with van der Waals surface area (Å²) in [5.41, 5.74) is 6.70. The Morgan fingerprint density at radius 2 is 0.885 bits per heavy atom. The normalized spacial score (nSPS) is 9.62.